The molecule has 1 heteroatoms. The molecule has 1 aliphatic rings. The number of rotatable bonds is 0. The van der Waals surface area contributed by atoms with Crippen LogP contribution in [0.2, 0.25) is 0 Å². The second-order valence-electron chi connectivity index (χ2n) is 5.51. The topological polar surface area (TPSA) is 0 Å². The lowest BCUT2D eigenvalue weighted by atomic mass is 9.67. The Labute approximate surface area is 107 Å². The molecule has 0 fully saturated rings. The van der Waals surface area contributed by atoms with Gasteiger partial charge in [0.25, 0.3) is 0 Å². The second kappa shape index (κ2) is 3.73. The average Bonchev–Trinajstić information content (AvgIpc) is 2.19. The van der Waals surface area contributed by atoms with Gasteiger partial charge in [-0.25, -0.2) is 0 Å². The summed E-state index contributed by atoms with van der Waals surface area (Å²) >= 11 is 3.63. The number of benzene rings is 1. The molecule has 0 saturated carbocycles. The predicted molar refractivity (Wildman–Crippen MR) is 74.7 cm³/mol. The van der Waals surface area contributed by atoms with Gasteiger partial charge in [-0.05, 0) is 53.5 Å². The normalized spacial score (nSPS) is 22.6. The minimum atomic E-state index is 0.236. The molecule has 0 N–H and O–H groups in total. The molecule has 0 aromatic heterocycles. The fourth-order valence-electron chi connectivity index (χ4n) is 2.46. The number of halogens is 1. The Morgan fingerprint density at radius 1 is 1.19 bits per heavy atom. The van der Waals surface area contributed by atoms with Crippen molar-refractivity contribution in [2.75, 3.05) is 0 Å². The van der Waals surface area contributed by atoms with Gasteiger partial charge in [0, 0.05) is 4.47 Å². The largest absolute Gasteiger partial charge is 0.0773 e. The molecule has 16 heavy (non-hydrogen) atoms. The summed E-state index contributed by atoms with van der Waals surface area (Å²) in [4.78, 5) is 0. The van der Waals surface area contributed by atoms with E-state index in [-0.39, 0.29) is 5.41 Å². The van der Waals surface area contributed by atoms with Crippen molar-refractivity contribution in [1.29, 1.82) is 0 Å². The van der Waals surface area contributed by atoms with Gasteiger partial charge >= 0.3 is 0 Å². The Morgan fingerprint density at radius 2 is 1.81 bits per heavy atom. The van der Waals surface area contributed by atoms with E-state index in [9.17, 15) is 0 Å². The first-order chi connectivity index (χ1) is 7.34. The molecule has 1 aliphatic carbocycles. The highest BCUT2D eigenvalue weighted by atomic mass is 79.9. The van der Waals surface area contributed by atoms with Crippen molar-refractivity contribution in [3.8, 4) is 0 Å². The van der Waals surface area contributed by atoms with E-state index in [4.69, 9.17) is 0 Å². The van der Waals surface area contributed by atoms with Gasteiger partial charge in [-0.3, -0.25) is 0 Å². The molecule has 0 heterocycles. The smallest absolute Gasteiger partial charge is 0.0210 e. The lowest BCUT2D eigenvalue weighted by Crippen LogP contribution is -2.29. The molecule has 1 unspecified atom stereocenters. The molecular formula is C15H19Br. The van der Waals surface area contributed by atoms with Crippen molar-refractivity contribution in [3.05, 3.63) is 39.4 Å². The third-order valence-corrected chi connectivity index (χ3v) is 4.91. The number of allylic oxidation sites excluding steroid dienone is 2. The zero-order valence-electron chi connectivity index (χ0n) is 10.7. The summed E-state index contributed by atoms with van der Waals surface area (Å²) in [7, 11) is 0. The quantitative estimate of drug-likeness (QED) is 0.620. The zero-order chi connectivity index (χ0) is 12.1. The molecule has 0 nitrogen and oxygen atoms in total. The molecule has 0 radical (unpaired) electrons. The SMILES string of the molecule is CC1=CC(C)C(C)(C)c2cc(C)c(Br)cc21. The van der Waals surface area contributed by atoms with Crippen LogP contribution in [0.4, 0.5) is 0 Å². The Kier molecular flexibility index (Phi) is 2.78. The summed E-state index contributed by atoms with van der Waals surface area (Å²) in [5.74, 6) is 0.598. The van der Waals surface area contributed by atoms with Crippen LogP contribution in [0.15, 0.2) is 22.7 Å². The van der Waals surface area contributed by atoms with Crippen molar-refractivity contribution >= 4 is 21.5 Å². The standard InChI is InChI=1S/C15H19Br/c1-9-6-11(3)15(4,5)13-7-10(2)14(16)8-12(9)13/h6-8,11H,1-5H3. The average molecular weight is 279 g/mol. The number of hydrogen-bond acceptors (Lipinski definition) is 0. The van der Waals surface area contributed by atoms with Crippen LogP contribution in [0.1, 0.15) is 44.4 Å². The van der Waals surface area contributed by atoms with Crippen LogP contribution in [0.3, 0.4) is 0 Å². The maximum Gasteiger partial charge on any atom is 0.0210 e. The minimum absolute atomic E-state index is 0.236. The number of aryl methyl sites for hydroxylation is 1. The highest BCUT2D eigenvalue weighted by Crippen LogP contribution is 2.43. The van der Waals surface area contributed by atoms with E-state index in [1.54, 1.807) is 0 Å². The maximum absolute atomic E-state index is 3.63. The Balaban J connectivity index is 2.73. The Bertz CT molecular complexity index is 467. The van der Waals surface area contributed by atoms with E-state index >= 15 is 0 Å². The van der Waals surface area contributed by atoms with Crippen molar-refractivity contribution in [2.45, 2.75) is 40.0 Å². The summed E-state index contributed by atoms with van der Waals surface area (Å²) in [6.07, 6.45) is 2.39. The van der Waals surface area contributed by atoms with Gasteiger partial charge in [-0.1, -0.05) is 48.8 Å². The highest BCUT2D eigenvalue weighted by molar-refractivity contribution is 9.10. The summed E-state index contributed by atoms with van der Waals surface area (Å²) < 4.78 is 1.21. The second-order valence-corrected chi connectivity index (χ2v) is 6.36. The van der Waals surface area contributed by atoms with Gasteiger partial charge in [0.2, 0.25) is 0 Å². The van der Waals surface area contributed by atoms with E-state index in [1.165, 1.54) is 26.7 Å². The van der Waals surface area contributed by atoms with Crippen molar-refractivity contribution in [3.63, 3.8) is 0 Å². The number of fused-ring (bicyclic) bond motifs is 1. The summed E-state index contributed by atoms with van der Waals surface area (Å²) in [6, 6.07) is 4.61. The van der Waals surface area contributed by atoms with E-state index in [1.807, 2.05) is 0 Å². The first kappa shape index (κ1) is 11.9. The van der Waals surface area contributed by atoms with Gasteiger partial charge in [0.15, 0.2) is 0 Å². The zero-order valence-corrected chi connectivity index (χ0v) is 12.3. The molecule has 0 bridgehead atoms. The van der Waals surface area contributed by atoms with E-state index < -0.39 is 0 Å². The van der Waals surface area contributed by atoms with Gasteiger partial charge in [0.1, 0.15) is 0 Å². The summed E-state index contributed by atoms with van der Waals surface area (Å²) in [6.45, 7) is 11.4. The molecule has 1 aromatic rings. The monoisotopic (exact) mass is 278 g/mol. The van der Waals surface area contributed by atoms with Crippen molar-refractivity contribution in [2.24, 2.45) is 5.92 Å². The highest BCUT2D eigenvalue weighted by Gasteiger charge is 2.33. The molecule has 1 atom stereocenters. The van der Waals surface area contributed by atoms with Crippen molar-refractivity contribution < 1.29 is 0 Å². The van der Waals surface area contributed by atoms with E-state index in [0.717, 1.165) is 0 Å². The third-order valence-electron chi connectivity index (χ3n) is 4.06. The van der Waals surface area contributed by atoms with Crippen LogP contribution in [0, 0.1) is 12.8 Å². The predicted octanol–water partition coefficient (Wildman–Crippen LogP) is 5.09. The Hall–Kier alpha value is -0.560. The fourth-order valence-corrected chi connectivity index (χ4v) is 2.80. The fraction of sp³-hybridized carbons (Fsp3) is 0.467. The summed E-state index contributed by atoms with van der Waals surface area (Å²) in [5, 5.41) is 0. The third kappa shape index (κ3) is 1.66. The number of hydrogen-bond donors (Lipinski definition) is 0. The van der Waals surface area contributed by atoms with Gasteiger partial charge in [0.05, 0.1) is 0 Å². The van der Waals surface area contributed by atoms with Crippen LogP contribution >= 0.6 is 15.9 Å². The molecule has 0 amide bonds. The lowest BCUT2D eigenvalue weighted by molar-refractivity contribution is 0.403. The molecule has 0 spiro atoms. The minimum Gasteiger partial charge on any atom is -0.0773 e. The van der Waals surface area contributed by atoms with Crippen LogP contribution < -0.4 is 0 Å². The van der Waals surface area contributed by atoms with Gasteiger partial charge < -0.3 is 0 Å². The molecule has 86 valence electrons. The van der Waals surface area contributed by atoms with E-state index in [2.05, 4.69) is 68.8 Å². The Morgan fingerprint density at radius 3 is 2.44 bits per heavy atom. The van der Waals surface area contributed by atoms with Crippen LogP contribution in [0.5, 0.6) is 0 Å². The molecular weight excluding hydrogens is 260 g/mol. The first-order valence-corrected chi connectivity index (χ1v) is 6.62. The van der Waals surface area contributed by atoms with Gasteiger partial charge in [-0.15, -0.1) is 0 Å². The molecule has 0 saturated heterocycles. The van der Waals surface area contributed by atoms with Crippen LogP contribution in [0.25, 0.3) is 5.57 Å². The van der Waals surface area contributed by atoms with Crippen LogP contribution in [-0.4, -0.2) is 0 Å². The molecule has 1 aromatic carbocycles. The van der Waals surface area contributed by atoms with Crippen molar-refractivity contribution in [1.82, 2.24) is 0 Å². The van der Waals surface area contributed by atoms with E-state index in [0.29, 0.717) is 5.92 Å². The molecule has 0 aliphatic heterocycles. The summed E-state index contributed by atoms with van der Waals surface area (Å²) in [5.41, 5.74) is 5.86. The maximum atomic E-state index is 3.63. The molecule has 2 rings (SSSR count). The lowest BCUT2D eigenvalue weighted by Gasteiger charge is -2.37. The van der Waals surface area contributed by atoms with Gasteiger partial charge in [-0.2, -0.15) is 0 Å². The first-order valence-electron chi connectivity index (χ1n) is 5.83. The van der Waals surface area contributed by atoms with Crippen LogP contribution in [-0.2, 0) is 5.41 Å².